The molecule has 0 aliphatic rings. The molecule has 0 saturated carbocycles. The molecule has 2 aromatic rings. The van der Waals surface area contributed by atoms with E-state index in [1.165, 1.54) is 24.4 Å². The van der Waals surface area contributed by atoms with Crippen molar-refractivity contribution in [2.45, 2.75) is 13.0 Å². The maximum absolute atomic E-state index is 11.8. The third-order valence-electron chi connectivity index (χ3n) is 2.94. The van der Waals surface area contributed by atoms with Crippen molar-refractivity contribution in [2.24, 2.45) is 4.99 Å². The molecule has 0 heterocycles. The highest BCUT2D eigenvalue weighted by Crippen LogP contribution is 2.26. The average Bonchev–Trinajstić information content (AvgIpc) is 2.46. The maximum Gasteiger partial charge on any atom is 0.262 e. The van der Waals surface area contributed by atoms with E-state index in [1.807, 2.05) is 37.3 Å². The summed E-state index contributed by atoms with van der Waals surface area (Å²) in [6.45, 7) is 1.90. The Bertz CT molecular complexity index is 639. The lowest BCUT2D eigenvalue weighted by Crippen LogP contribution is -2.02. The predicted octanol–water partition coefficient (Wildman–Crippen LogP) is 2.85. The second-order valence-electron chi connectivity index (χ2n) is 4.32. The van der Waals surface area contributed by atoms with Crippen LogP contribution in [0, 0.1) is 10.1 Å². The monoisotopic (exact) mass is 269 g/mol. The zero-order valence-corrected chi connectivity index (χ0v) is 10.9. The Morgan fingerprint density at radius 3 is 2.50 bits per heavy atom. The molecule has 0 bridgehead atoms. The Morgan fingerprint density at radius 1 is 1.15 bits per heavy atom. The molecule has 0 fully saturated rings. The number of rotatable bonds is 4. The minimum atomic E-state index is -0.680. The Labute approximate surface area is 116 Å². The average molecular weight is 269 g/mol. The molecule has 0 aromatic heterocycles. The van der Waals surface area contributed by atoms with Crippen LogP contribution in [0.5, 0.6) is 5.75 Å². The second kappa shape index (κ2) is 5.97. The molecular weight excluding hydrogens is 256 g/mol. The van der Waals surface area contributed by atoms with Crippen LogP contribution in [0.25, 0.3) is 0 Å². The van der Waals surface area contributed by atoms with Crippen LogP contribution in [0.15, 0.2) is 53.5 Å². The smallest absolute Gasteiger partial charge is 0.262 e. The minimum absolute atomic E-state index is 0.116. The Morgan fingerprint density at radius 2 is 1.85 bits per heavy atom. The first-order valence-electron chi connectivity index (χ1n) is 6.12. The van der Waals surface area contributed by atoms with Crippen LogP contribution in [0.3, 0.4) is 0 Å². The van der Waals surface area contributed by atoms with Gasteiger partial charge in [-0.2, -0.15) is 0 Å². The number of para-hydroxylation sites is 1. The van der Waals surface area contributed by atoms with Crippen LogP contribution < -0.4 is 5.11 Å². The first kappa shape index (κ1) is 13.7. The van der Waals surface area contributed by atoms with E-state index in [0.29, 0.717) is 0 Å². The molecule has 20 heavy (non-hydrogen) atoms. The van der Waals surface area contributed by atoms with E-state index in [4.69, 9.17) is 0 Å². The lowest BCUT2D eigenvalue weighted by atomic mass is 10.1. The van der Waals surface area contributed by atoms with Gasteiger partial charge in [0.25, 0.3) is 5.69 Å². The fourth-order valence-corrected chi connectivity index (χ4v) is 1.80. The summed E-state index contributed by atoms with van der Waals surface area (Å²) < 4.78 is 0. The lowest BCUT2D eigenvalue weighted by molar-refractivity contribution is -0.398. The largest absolute Gasteiger partial charge is 0.867 e. The van der Waals surface area contributed by atoms with E-state index in [0.717, 1.165) is 5.56 Å². The SMILES string of the molecule is CC(N=Cc1cccc([N+](=O)[O-])c1[O-])c1ccccc1. The first-order valence-corrected chi connectivity index (χ1v) is 6.12. The molecule has 0 amide bonds. The highest BCUT2D eigenvalue weighted by molar-refractivity contribution is 5.85. The summed E-state index contributed by atoms with van der Waals surface area (Å²) in [7, 11) is 0. The topological polar surface area (TPSA) is 78.6 Å². The molecule has 0 spiro atoms. The van der Waals surface area contributed by atoms with Crippen molar-refractivity contribution in [3.8, 4) is 5.75 Å². The highest BCUT2D eigenvalue weighted by atomic mass is 16.6. The van der Waals surface area contributed by atoms with Gasteiger partial charge in [0.2, 0.25) is 0 Å². The number of benzene rings is 2. The lowest BCUT2D eigenvalue weighted by Gasteiger charge is -2.11. The molecule has 1 unspecified atom stereocenters. The first-order chi connectivity index (χ1) is 9.59. The minimum Gasteiger partial charge on any atom is -0.867 e. The van der Waals surface area contributed by atoms with Gasteiger partial charge in [-0.05, 0) is 23.8 Å². The standard InChI is InChI=1S/C15H14N2O3/c1-11(12-6-3-2-4-7-12)16-10-13-8-5-9-14(15(13)18)17(19)20/h2-11,18H,1H3/p-1. The molecule has 2 rings (SSSR count). The van der Waals surface area contributed by atoms with E-state index in [9.17, 15) is 15.2 Å². The molecule has 5 nitrogen and oxygen atoms in total. The fraction of sp³-hybridized carbons (Fsp3) is 0.133. The summed E-state index contributed by atoms with van der Waals surface area (Å²) in [5, 5.41) is 22.5. The molecule has 5 heteroatoms. The molecule has 0 radical (unpaired) electrons. The fourth-order valence-electron chi connectivity index (χ4n) is 1.80. The number of nitro groups is 1. The van der Waals surface area contributed by atoms with Crippen LogP contribution in [-0.4, -0.2) is 11.1 Å². The van der Waals surface area contributed by atoms with Gasteiger partial charge in [0.15, 0.2) is 0 Å². The number of nitrogens with zero attached hydrogens (tertiary/aromatic N) is 2. The third-order valence-corrected chi connectivity index (χ3v) is 2.94. The summed E-state index contributed by atoms with van der Waals surface area (Å²) in [5.41, 5.74) is 0.810. The van der Waals surface area contributed by atoms with Crippen molar-refractivity contribution < 1.29 is 10.0 Å². The summed E-state index contributed by atoms with van der Waals surface area (Å²) in [4.78, 5) is 14.3. The molecule has 0 N–H and O–H groups in total. The van der Waals surface area contributed by atoms with Gasteiger partial charge in [0, 0.05) is 12.3 Å². The van der Waals surface area contributed by atoms with Crippen molar-refractivity contribution in [1.82, 2.24) is 0 Å². The van der Waals surface area contributed by atoms with Crippen molar-refractivity contribution in [3.05, 3.63) is 69.8 Å². The van der Waals surface area contributed by atoms with Gasteiger partial charge in [-0.1, -0.05) is 42.5 Å². The predicted molar refractivity (Wildman–Crippen MR) is 75.0 cm³/mol. The molecule has 1 atom stereocenters. The van der Waals surface area contributed by atoms with Gasteiger partial charge in [-0.3, -0.25) is 15.1 Å². The van der Waals surface area contributed by atoms with E-state index in [2.05, 4.69) is 4.99 Å². The number of hydrogen-bond donors (Lipinski definition) is 0. The molecule has 0 aliphatic heterocycles. The highest BCUT2D eigenvalue weighted by Gasteiger charge is 2.08. The van der Waals surface area contributed by atoms with Gasteiger partial charge in [-0.15, -0.1) is 0 Å². The van der Waals surface area contributed by atoms with Crippen LogP contribution in [0.2, 0.25) is 0 Å². The Kier molecular flexibility index (Phi) is 4.10. The zero-order chi connectivity index (χ0) is 14.5. The van der Waals surface area contributed by atoms with Gasteiger partial charge >= 0.3 is 0 Å². The molecule has 0 saturated heterocycles. The van der Waals surface area contributed by atoms with Crippen molar-refractivity contribution in [3.63, 3.8) is 0 Å². The summed E-state index contributed by atoms with van der Waals surface area (Å²) >= 11 is 0. The third kappa shape index (κ3) is 3.00. The van der Waals surface area contributed by atoms with E-state index in [-0.39, 0.29) is 11.6 Å². The molecular formula is C15H13N2O3-. The quantitative estimate of drug-likeness (QED) is 0.486. The van der Waals surface area contributed by atoms with Crippen LogP contribution in [0.1, 0.15) is 24.1 Å². The molecule has 0 aliphatic carbocycles. The Hall–Kier alpha value is -2.69. The normalized spacial score (nSPS) is 12.4. The van der Waals surface area contributed by atoms with Crippen LogP contribution in [-0.2, 0) is 0 Å². The van der Waals surface area contributed by atoms with Gasteiger partial charge < -0.3 is 5.11 Å². The van der Waals surface area contributed by atoms with E-state index >= 15 is 0 Å². The van der Waals surface area contributed by atoms with Crippen LogP contribution in [0.4, 0.5) is 5.69 Å². The number of aliphatic imine (C=N–C) groups is 1. The number of nitro benzene ring substituents is 1. The van der Waals surface area contributed by atoms with Crippen molar-refractivity contribution in [1.29, 1.82) is 0 Å². The second-order valence-corrected chi connectivity index (χ2v) is 4.32. The van der Waals surface area contributed by atoms with Crippen LogP contribution >= 0.6 is 0 Å². The maximum atomic E-state index is 11.8. The molecule has 2 aromatic carbocycles. The van der Waals surface area contributed by atoms with Gasteiger partial charge in [0.05, 0.1) is 11.0 Å². The number of hydrogen-bond acceptors (Lipinski definition) is 4. The summed E-state index contributed by atoms with van der Waals surface area (Å²) in [6, 6.07) is 13.7. The van der Waals surface area contributed by atoms with E-state index in [1.54, 1.807) is 0 Å². The van der Waals surface area contributed by atoms with Crippen molar-refractivity contribution in [2.75, 3.05) is 0 Å². The molecule has 102 valence electrons. The Balaban J connectivity index is 2.24. The zero-order valence-electron chi connectivity index (χ0n) is 10.9. The van der Waals surface area contributed by atoms with E-state index < -0.39 is 16.4 Å². The summed E-state index contributed by atoms with van der Waals surface area (Å²) in [5.74, 6) is -0.610. The van der Waals surface area contributed by atoms with Gasteiger partial charge in [-0.25, -0.2) is 0 Å². The van der Waals surface area contributed by atoms with Crippen molar-refractivity contribution >= 4 is 11.9 Å². The van der Waals surface area contributed by atoms with Gasteiger partial charge in [0.1, 0.15) is 0 Å². The summed E-state index contributed by atoms with van der Waals surface area (Å²) in [6.07, 6.45) is 1.40.